The molecule has 0 N–H and O–H groups in total. The summed E-state index contributed by atoms with van der Waals surface area (Å²) in [6.45, 7) is 6.39. The van der Waals surface area contributed by atoms with E-state index in [-0.39, 0.29) is 12.1 Å². The topological polar surface area (TPSA) is 88.0 Å². The van der Waals surface area contributed by atoms with Crippen molar-refractivity contribution in [3.8, 4) is 0 Å². The highest BCUT2D eigenvalue weighted by Gasteiger charge is 2.36. The SMILES string of the molecule is CCOC(=O)N1CCN(S(=O)(=O)N2CCC(n3cc(C)cn3)CC2)CC1. The molecule has 1 aromatic rings. The number of rotatable bonds is 4. The fourth-order valence-corrected chi connectivity index (χ4v) is 5.07. The van der Waals surface area contributed by atoms with E-state index < -0.39 is 10.2 Å². The molecule has 0 unspecified atom stereocenters. The van der Waals surface area contributed by atoms with Crippen molar-refractivity contribution in [2.75, 3.05) is 45.9 Å². The van der Waals surface area contributed by atoms with E-state index in [1.165, 1.54) is 4.31 Å². The fourth-order valence-electron chi connectivity index (χ4n) is 3.45. The van der Waals surface area contributed by atoms with E-state index in [0.717, 1.165) is 18.4 Å². The number of hydrogen-bond acceptors (Lipinski definition) is 5. The number of carbonyl (C=O) groups excluding carboxylic acids is 1. The van der Waals surface area contributed by atoms with Gasteiger partial charge in [-0.15, -0.1) is 0 Å². The van der Waals surface area contributed by atoms with Crippen LogP contribution in [0.15, 0.2) is 12.4 Å². The average molecular weight is 385 g/mol. The molecule has 0 aliphatic carbocycles. The number of piperidine rings is 1. The van der Waals surface area contributed by atoms with Crippen LogP contribution >= 0.6 is 0 Å². The number of hydrogen-bond donors (Lipinski definition) is 0. The van der Waals surface area contributed by atoms with Crippen LogP contribution in [0.2, 0.25) is 0 Å². The number of aromatic nitrogens is 2. The van der Waals surface area contributed by atoms with Crippen LogP contribution in [0.25, 0.3) is 0 Å². The number of nitrogens with zero attached hydrogens (tertiary/aromatic N) is 5. The summed E-state index contributed by atoms with van der Waals surface area (Å²) in [6, 6.07) is 0.246. The van der Waals surface area contributed by atoms with Crippen molar-refractivity contribution in [2.45, 2.75) is 32.7 Å². The van der Waals surface area contributed by atoms with Crippen LogP contribution in [0.1, 0.15) is 31.4 Å². The molecule has 3 rings (SSSR count). The van der Waals surface area contributed by atoms with Crippen LogP contribution in [-0.4, -0.2) is 83.7 Å². The van der Waals surface area contributed by atoms with E-state index >= 15 is 0 Å². The maximum Gasteiger partial charge on any atom is 0.409 e. The minimum Gasteiger partial charge on any atom is -0.450 e. The molecule has 3 heterocycles. The van der Waals surface area contributed by atoms with Gasteiger partial charge in [-0.1, -0.05) is 0 Å². The molecule has 1 aromatic heterocycles. The Labute approximate surface area is 154 Å². The lowest BCUT2D eigenvalue weighted by atomic mass is 10.1. The summed E-state index contributed by atoms with van der Waals surface area (Å²) in [5.74, 6) is 0. The molecule has 2 fully saturated rings. The summed E-state index contributed by atoms with van der Waals surface area (Å²) in [6.07, 6.45) is 4.96. The van der Waals surface area contributed by atoms with Gasteiger partial charge in [0, 0.05) is 45.5 Å². The van der Waals surface area contributed by atoms with Crippen LogP contribution in [0.5, 0.6) is 0 Å². The monoisotopic (exact) mass is 385 g/mol. The summed E-state index contributed by atoms with van der Waals surface area (Å²) in [5.41, 5.74) is 1.11. The van der Waals surface area contributed by atoms with E-state index in [9.17, 15) is 13.2 Å². The molecule has 0 aromatic carbocycles. The van der Waals surface area contributed by atoms with Crippen LogP contribution in [0, 0.1) is 6.92 Å². The molecule has 1 amide bonds. The van der Waals surface area contributed by atoms with Crippen LogP contribution in [0.4, 0.5) is 4.79 Å². The minimum absolute atomic E-state index is 0.246. The maximum atomic E-state index is 12.9. The molecule has 2 aliphatic rings. The summed E-state index contributed by atoms with van der Waals surface area (Å²) in [7, 11) is -3.49. The zero-order valence-corrected chi connectivity index (χ0v) is 16.2. The molecule has 0 atom stereocenters. The smallest absolute Gasteiger partial charge is 0.409 e. The summed E-state index contributed by atoms with van der Waals surface area (Å²) in [4.78, 5) is 13.3. The highest BCUT2D eigenvalue weighted by molar-refractivity contribution is 7.86. The number of aryl methyl sites for hydroxylation is 1. The molecular formula is C16H27N5O4S. The number of amides is 1. The average Bonchev–Trinajstić information content (AvgIpc) is 3.08. The first-order valence-corrected chi connectivity index (χ1v) is 10.5. The Hall–Kier alpha value is -1.65. The molecule has 146 valence electrons. The van der Waals surface area contributed by atoms with Crippen molar-refractivity contribution in [3.05, 3.63) is 18.0 Å². The van der Waals surface area contributed by atoms with E-state index in [0.29, 0.717) is 45.9 Å². The van der Waals surface area contributed by atoms with Gasteiger partial charge in [-0.3, -0.25) is 4.68 Å². The predicted molar refractivity (Wildman–Crippen MR) is 95.9 cm³/mol. The first-order chi connectivity index (χ1) is 12.4. The van der Waals surface area contributed by atoms with Gasteiger partial charge in [-0.2, -0.15) is 22.1 Å². The highest BCUT2D eigenvalue weighted by Crippen LogP contribution is 2.25. The normalized spacial score (nSPS) is 21.1. The molecule has 0 saturated carbocycles. The van der Waals surface area contributed by atoms with Gasteiger partial charge in [-0.25, -0.2) is 4.79 Å². The zero-order chi connectivity index (χ0) is 18.7. The molecule has 0 radical (unpaired) electrons. The van der Waals surface area contributed by atoms with Gasteiger partial charge < -0.3 is 9.64 Å². The highest BCUT2D eigenvalue weighted by atomic mass is 32.2. The van der Waals surface area contributed by atoms with E-state index in [2.05, 4.69) is 5.10 Å². The number of carbonyl (C=O) groups is 1. The molecule has 26 heavy (non-hydrogen) atoms. The standard InChI is InChI=1S/C16H27N5O4S/c1-3-25-16(22)18-8-10-20(11-9-18)26(23,24)19-6-4-15(5-7-19)21-13-14(2)12-17-21/h12-13,15H,3-11H2,1-2H3. The van der Waals surface area contributed by atoms with E-state index in [4.69, 9.17) is 4.74 Å². The molecule has 9 nitrogen and oxygen atoms in total. The van der Waals surface area contributed by atoms with Crippen molar-refractivity contribution >= 4 is 16.3 Å². The van der Waals surface area contributed by atoms with Crippen molar-refractivity contribution in [3.63, 3.8) is 0 Å². The molecule has 10 heteroatoms. The van der Waals surface area contributed by atoms with Gasteiger partial charge in [0.25, 0.3) is 10.2 Å². The minimum atomic E-state index is -3.49. The van der Waals surface area contributed by atoms with Gasteiger partial charge in [0.2, 0.25) is 0 Å². The van der Waals surface area contributed by atoms with Crippen LogP contribution in [-0.2, 0) is 14.9 Å². The van der Waals surface area contributed by atoms with E-state index in [1.807, 2.05) is 24.0 Å². The van der Waals surface area contributed by atoms with E-state index in [1.54, 1.807) is 16.1 Å². The third-order valence-electron chi connectivity index (χ3n) is 4.95. The number of ether oxygens (including phenoxy) is 1. The number of piperazine rings is 1. The Morgan fingerprint density at radius 2 is 1.77 bits per heavy atom. The summed E-state index contributed by atoms with van der Waals surface area (Å²) < 4.78 is 35.7. The van der Waals surface area contributed by atoms with Gasteiger partial charge >= 0.3 is 6.09 Å². The Kier molecular flexibility index (Phi) is 5.83. The lowest BCUT2D eigenvalue weighted by Gasteiger charge is -2.38. The van der Waals surface area contributed by atoms with Gasteiger partial charge in [0.05, 0.1) is 18.8 Å². The van der Waals surface area contributed by atoms with Crippen molar-refractivity contribution in [1.29, 1.82) is 0 Å². The van der Waals surface area contributed by atoms with Crippen LogP contribution < -0.4 is 0 Å². The second-order valence-corrected chi connectivity index (χ2v) is 8.65. The first kappa shape index (κ1) is 19.1. The predicted octanol–water partition coefficient (Wildman–Crippen LogP) is 0.847. The van der Waals surface area contributed by atoms with Crippen molar-refractivity contribution < 1.29 is 17.9 Å². The Morgan fingerprint density at radius 3 is 2.31 bits per heavy atom. The first-order valence-electron chi connectivity index (χ1n) is 9.09. The van der Waals surface area contributed by atoms with Crippen molar-refractivity contribution in [1.82, 2.24) is 23.3 Å². The molecule has 0 spiro atoms. The fraction of sp³-hybridized carbons (Fsp3) is 0.750. The molecule has 2 aliphatic heterocycles. The molecule has 2 saturated heterocycles. The Balaban J connectivity index is 1.54. The Bertz CT molecular complexity index is 719. The second kappa shape index (κ2) is 7.93. The van der Waals surface area contributed by atoms with Gasteiger partial charge in [0.15, 0.2) is 0 Å². The summed E-state index contributed by atoms with van der Waals surface area (Å²) in [5, 5.41) is 4.35. The van der Waals surface area contributed by atoms with Gasteiger partial charge in [0.1, 0.15) is 0 Å². The lowest BCUT2D eigenvalue weighted by molar-refractivity contribution is 0.0920. The lowest BCUT2D eigenvalue weighted by Crippen LogP contribution is -2.55. The quantitative estimate of drug-likeness (QED) is 0.767. The third kappa shape index (κ3) is 4.02. The largest absolute Gasteiger partial charge is 0.450 e. The van der Waals surface area contributed by atoms with Crippen LogP contribution in [0.3, 0.4) is 0 Å². The Morgan fingerprint density at radius 1 is 1.15 bits per heavy atom. The molecule has 0 bridgehead atoms. The summed E-state index contributed by atoms with van der Waals surface area (Å²) >= 11 is 0. The third-order valence-corrected chi connectivity index (χ3v) is 6.98. The maximum absolute atomic E-state index is 12.9. The van der Waals surface area contributed by atoms with Gasteiger partial charge in [-0.05, 0) is 32.3 Å². The second-order valence-electron chi connectivity index (χ2n) is 6.72. The molecular weight excluding hydrogens is 358 g/mol. The zero-order valence-electron chi connectivity index (χ0n) is 15.4. The van der Waals surface area contributed by atoms with Crippen molar-refractivity contribution in [2.24, 2.45) is 0 Å².